The molecular formula is C26H32O5. The fraction of sp³-hybridized carbons (Fsp3) is 0.500. The number of para-hydroxylation sites is 2. The van der Waals surface area contributed by atoms with E-state index in [4.69, 9.17) is 14.2 Å². The largest absolute Gasteiger partial charge is 0.493 e. The molecule has 5 nitrogen and oxygen atoms in total. The minimum atomic E-state index is -0.727. The zero-order valence-electron chi connectivity index (χ0n) is 18.3. The minimum absolute atomic E-state index is 0.0629. The van der Waals surface area contributed by atoms with Crippen molar-refractivity contribution in [1.82, 2.24) is 0 Å². The fourth-order valence-corrected chi connectivity index (χ4v) is 4.51. The Balaban J connectivity index is 1.28. The molecule has 2 aliphatic rings. The van der Waals surface area contributed by atoms with Gasteiger partial charge in [-0.15, -0.1) is 0 Å². The number of benzene rings is 2. The van der Waals surface area contributed by atoms with Crippen molar-refractivity contribution in [3.8, 4) is 17.2 Å². The van der Waals surface area contributed by atoms with E-state index >= 15 is 0 Å². The first-order valence-corrected chi connectivity index (χ1v) is 11.4. The molecule has 2 fully saturated rings. The molecule has 0 saturated heterocycles. The molecule has 2 atom stereocenters. The maximum Gasteiger partial charge on any atom is 0.306 e. The Bertz CT molecular complexity index is 885. The SMILES string of the molecule is CCOc1ccccc1OC1CC(COc2cccc(C(C3CC3)[C@H](C)C(=O)O)c2)C1. The molecule has 1 unspecified atom stereocenters. The van der Waals surface area contributed by atoms with E-state index in [0.29, 0.717) is 25.0 Å². The van der Waals surface area contributed by atoms with Crippen LogP contribution in [-0.4, -0.2) is 30.4 Å². The standard InChI is InChI=1S/C26H32O5/c1-3-29-23-9-4-5-10-24(23)31-22-13-18(14-22)16-30-21-8-6-7-20(15-21)25(19-11-12-19)17(2)26(27)28/h4-10,15,17-19,22,25H,3,11-14,16H2,1-2H3,(H,27,28)/t17-,18?,22?,25?/m0/s1. The molecule has 0 aromatic heterocycles. The number of carbonyl (C=O) groups is 1. The van der Waals surface area contributed by atoms with Gasteiger partial charge in [0.2, 0.25) is 0 Å². The van der Waals surface area contributed by atoms with Gasteiger partial charge in [0.25, 0.3) is 0 Å². The third kappa shape index (κ3) is 5.33. The van der Waals surface area contributed by atoms with Gasteiger partial charge in [0, 0.05) is 0 Å². The summed E-state index contributed by atoms with van der Waals surface area (Å²) in [5.74, 6) is 2.32. The highest BCUT2D eigenvalue weighted by Crippen LogP contribution is 2.47. The molecule has 31 heavy (non-hydrogen) atoms. The van der Waals surface area contributed by atoms with E-state index in [1.54, 1.807) is 0 Å². The van der Waals surface area contributed by atoms with Gasteiger partial charge < -0.3 is 19.3 Å². The first kappa shape index (κ1) is 21.5. The van der Waals surface area contributed by atoms with E-state index in [9.17, 15) is 9.90 Å². The molecular weight excluding hydrogens is 392 g/mol. The number of ether oxygens (including phenoxy) is 3. The molecule has 5 heteroatoms. The summed E-state index contributed by atoms with van der Waals surface area (Å²) in [6.45, 7) is 5.06. The van der Waals surface area contributed by atoms with Crippen molar-refractivity contribution in [2.24, 2.45) is 17.8 Å². The number of carboxylic acids is 1. The van der Waals surface area contributed by atoms with Crippen molar-refractivity contribution < 1.29 is 24.1 Å². The van der Waals surface area contributed by atoms with Crippen molar-refractivity contribution in [1.29, 1.82) is 0 Å². The maximum absolute atomic E-state index is 11.6. The molecule has 0 amide bonds. The quantitative estimate of drug-likeness (QED) is 0.513. The fourth-order valence-electron chi connectivity index (χ4n) is 4.51. The van der Waals surface area contributed by atoms with E-state index in [1.165, 1.54) is 0 Å². The van der Waals surface area contributed by atoms with Crippen LogP contribution in [0.15, 0.2) is 48.5 Å². The van der Waals surface area contributed by atoms with Crippen molar-refractivity contribution in [2.45, 2.75) is 51.6 Å². The highest BCUT2D eigenvalue weighted by molar-refractivity contribution is 5.71. The number of rotatable bonds is 11. The molecule has 1 N–H and O–H groups in total. The molecule has 2 aromatic rings. The van der Waals surface area contributed by atoms with Crippen LogP contribution in [0.1, 0.15) is 51.0 Å². The Morgan fingerprint density at radius 2 is 1.81 bits per heavy atom. The lowest BCUT2D eigenvalue weighted by Gasteiger charge is -2.35. The van der Waals surface area contributed by atoms with Crippen LogP contribution >= 0.6 is 0 Å². The smallest absolute Gasteiger partial charge is 0.306 e. The zero-order valence-corrected chi connectivity index (χ0v) is 18.3. The average Bonchev–Trinajstić information content (AvgIpc) is 3.56. The molecule has 2 aliphatic carbocycles. The number of aliphatic carboxylic acids is 1. The first-order chi connectivity index (χ1) is 15.0. The predicted octanol–water partition coefficient (Wildman–Crippen LogP) is 5.54. The Morgan fingerprint density at radius 1 is 1.06 bits per heavy atom. The predicted molar refractivity (Wildman–Crippen MR) is 119 cm³/mol. The van der Waals surface area contributed by atoms with E-state index < -0.39 is 5.97 Å². The van der Waals surface area contributed by atoms with Crippen LogP contribution in [-0.2, 0) is 4.79 Å². The summed E-state index contributed by atoms with van der Waals surface area (Å²) in [4.78, 5) is 11.6. The molecule has 0 heterocycles. The normalized spacial score (nSPS) is 22.1. The Kier molecular flexibility index (Phi) is 6.69. The summed E-state index contributed by atoms with van der Waals surface area (Å²) in [6.07, 6.45) is 4.34. The van der Waals surface area contributed by atoms with Crippen LogP contribution in [0.5, 0.6) is 17.2 Å². The second kappa shape index (κ2) is 9.63. The van der Waals surface area contributed by atoms with Crippen LogP contribution in [0.4, 0.5) is 0 Å². The second-order valence-corrected chi connectivity index (χ2v) is 8.83. The molecule has 0 bridgehead atoms. The zero-order chi connectivity index (χ0) is 21.8. The topological polar surface area (TPSA) is 65.0 Å². The van der Waals surface area contributed by atoms with Crippen LogP contribution in [0.2, 0.25) is 0 Å². The van der Waals surface area contributed by atoms with Crippen molar-refractivity contribution in [3.63, 3.8) is 0 Å². The average molecular weight is 425 g/mol. The molecule has 4 rings (SSSR count). The van der Waals surface area contributed by atoms with Gasteiger partial charge in [-0.1, -0.05) is 31.2 Å². The van der Waals surface area contributed by atoms with Crippen LogP contribution in [0, 0.1) is 17.8 Å². The highest BCUT2D eigenvalue weighted by Gasteiger charge is 2.38. The van der Waals surface area contributed by atoms with Gasteiger partial charge in [0.05, 0.1) is 25.2 Å². The van der Waals surface area contributed by atoms with Gasteiger partial charge in [-0.3, -0.25) is 4.79 Å². The van der Waals surface area contributed by atoms with E-state index in [-0.39, 0.29) is 17.9 Å². The molecule has 0 radical (unpaired) electrons. The third-order valence-corrected chi connectivity index (χ3v) is 6.42. The molecule has 166 valence electrons. The maximum atomic E-state index is 11.6. The van der Waals surface area contributed by atoms with Crippen molar-refractivity contribution >= 4 is 5.97 Å². The monoisotopic (exact) mass is 424 g/mol. The van der Waals surface area contributed by atoms with E-state index in [2.05, 4.69) is 0 Å². The summed E-state index contributed by atoms with van der Waals surface area (Å²) in [5, 5.41) is 9.50. The Labute approximate surface area is 184 Å². The molecule has 2 aromatic carbocycles. The highest BCUT2D eigenvalue weighted by atomic mass is 16.5. The van der Waals surface area contributed by atoms with Gasteiger partial charge in [0.1, 0.15) is 5.75 Å². The summed E-state index contributed by atoms with van der Waals surface area (Å²) < 4.78 is 17.8. The van der Waals surface area contributed by atoms with Crippen molar-refractivity contribution in [3.05, 3.63) is 54.1 Å². The lowest BCUT2D eigenvalue weighted by Crippen LogP contribution is -2.37. The lowest BCUT2D eigenvalue weighted by atomic mass is 9.82. The van der Waals surface area contributed by atoms with Gasteiger partial charge in [-0.25, -0.2) is 0 Å². The van der Waals surface area contributed by atoms with Crippen LogP contribution in [0.25, 0.3) is 0 Å². The molecule has 0 spiro atoms. The van der Waals surface area contributed by atoms with Gasteiger partial charge in [-0.2, -0.15) is 0 Å². The Morgan fingerprint density at radius 3 is 2.48 bits per heavy atom. The second-order valence-electron chi connectivity index (χ2n) is 8.83. The summed E-state index contributed by atoms with van der Waals surface area (Å²) >= 11 is 0. The first-order valence-electron chi connectivity index (χ1n) is 11.4. The number of carboxylic acid groups (broad SMARTS) is 1. The van der Waals surface area contributed by atoms with Crippen LogP contribution < -0.4 is 14.2 Å². The lowest BCUT2D eigenvalue weighted by molar-refractivity contribution is -0.142. The van der Waals surface area contributed by atoms with E-state index in [0.717, 1.165) is 48.5 Å². The van der Waals surface area contributed by atoms with Gasteiger partial charge >= 0.3 is 5.97 Å². The Hall–Kier alpha value is -2.69. The van der Waals surface area contributed by atoms with Crippen molar-refractivity contribution in [2.75, 3.05) is 13.2 Å². The summed E-state index contributed by atoms with van der Waals surface area (Å²) in [6, 6.07) is 15.8. The third-order valence-electron chi connectivity index (χ3n) is 6.42. The summed E-state index contributed by atoms with van der Waals surface area (Å²) in [7, 11) is 0. The molecule has 0 aliphatic heterocycles. The molecule has 2 saturated carbocycles. The minimum Gasteiger partial charge on any atom is -0.493 e. The number of hydrogen-bond acceptors (Lipinski definition) is 4. The number of hydrogen-bond donors (Lipinski definition) is 1. The van der Waals surface area contributed by atoms with Crippen LogP contribution in [0.3, 0.4) is 0 Å². The summed E-state index contributed by atoms with van der Waals surface area (Å²) in [5.41, 5.74) is 1.08. The van der Waals surface area contributed by atoms with Gasteiger partial charge in [-0.05, 0) is 80.2 Å². The van der Waals surface area contributed by atoms with E-state index in [1.807, 2.05) is 62.4 Å². The van der Waals surface area contributed by atoms with Gasteiger partial charge in [0.15, 0.2) is 11.5 Å².